The molecule has 0 N–H and O–H groups in total. The molecule has 0 saturated heterocycles. The number of hydrogen-bond donors (Lipinski definition) is 0. The predicted octanol–water partition coefficient (Wildman–Crippen LogP) is 6.98. The van der Waals surface area contributed by atoms with Gasteiger partial charge in [0.2, 0.25) is 5.92 Å². The quantitative estimate of drug-likeness (QED) is 0.337. The van der Waals surface area contributed by atoms with Crippen LogP contribution in [-0.4, -0.2) is 5.92 Å². The first-order chi connectivity index (χ1) is 8.83. The molecule has 19 heavy (non-hydrogen) atoms. The zero-order valence-electron chi connectivity index (χ0n) is 13.5. The van der Waals surface area contributed by atoms with E-state index >= 15 is 0 Å². The van der Waals surface area contributed by atoms with Gasteiger partial charge in [-0.2, -0.15) is 0 Å². The van der Waals surface area contributed by atoms with Gasteiger partial charge in [0.1, 0.15) is 0 Å². The number of hydrogen-bond acceptors (Lipinski definition) is 0. The Labute approximate surface area is 119 Å². The van der Waals surface area contributed by atoms with E-state index in [4.69, 9.17) is 0 Å². The predicted molar refractivity (Wildman–Crippen MR) is 80.9 cm³/mol. The van der Waals surface area contributed by atoms with Crippen LogP contribution in [0.3, 0.4) is 0 Å². The topological polar surface area (TPSA) is 0 Å². The van der Waals surface area contributed by atoms with Crippen molar-refractivity contribution in [3.05, 3.63) is 0 Å². The van der Waals surface area contributed by atoms with Crippen LogP contribution in [0.5, 0.6) is 0 Å². The molecule has 0 bridgehead atoms. The van der Waals surface area contributed by atoms with E-state index in [1.807, 2.05) is 0 Å². The van der Waals surface area contributed by atoms with Crippen molar-refractivity contribution >= 4 is 0 Å². The van der Waals surface area contributed by atoms with Crippen LogP contribution in [0.15, 0.2) is 0 Å². The molecule has 0 saturated carbocycles. The summed E-state index contributed by atoms with van der Waals surface area (Å²) in [5, 5.41) is 0. The van der Waals surface area contributed by atoms with Crippen molar-refractivity contribution in [1.82, 2.24) is 0 Å². The average molecular weight is 276 g/mol. The third kappa shape index (κ3) is 11.4. The molecule has 0 aliphatic carbocycles. The lowest BCUT2D eigenvalue weighted by Gasteiger charge is -2.32. The second kappa shape index (κ2) is 9.72. The summed E-state index contributed by atoms with van der Waals surface area (Å²) < 4.78 is 26.7. The van der Waals surface area contributed by atoms with Crippen molar-refractivity contribution in [2.75, 3.05) is 0 Å². The summed E-state index contributed by atoms with van der Waals surface area (Å²) in [6.07, 6.45) is 11.4. The largest absolute Gasteiger partial charge is 0.245 e. The minimum Gasteiger partial charge on any atom is -0.207 e. The first-order valence-electron chi connectivity index (χ1n) is 8.21. The fourth-order valence-electron chi connectivity index (χ4n) is 3.01. The van der Waals surface area contributed by atoms with Crippen molar-refractivity contribution < 1.29 is 8.78 Å². The number of alkyl halides is 2. The van der Waals surface area contributed by atoms with Crippen molar-refractivity contribution in [3.63, 3.8) is 0 Å². The van der Waals surface area contributed by atoms with E-state index in [-0.39, 0.29) is 11.8 Å². The fraction of sp³-hybridized carbons (Fsp3) is 1.00. The third-order valence-corrected chi connectivity index (χ3v) is 4.00. The molecule has 0 spiro atoms. The molecule has 0 aromatic rings. The number of rotatable bonds is 12. The van der Waals surface area contributed by atoms with E-state index in [2.05, 4.69) is 20.8 Å². The van der Waals surface area contributed by atoms with Crippen molar-refractivity contribution in [2.45, 2.75) is 104 Å². The molecule has 0 unspecified atom stereocenters. The van der Waals surface area contributed by atoms with Gasteiger partial charge in [0.05, 0.1) is 0 Å². The van der Waals surface area contributed by atoms with Gasteiger partial charge in [0.25, 0.3) is 0 Å². The maximum absolute atomic E-state index is 13.4. The maximum atomic E-state index is 13.4. The van der Waals surface area contributed by atoms with E-state index in [1.165, 1.54) is 38.5 Å². The highest BCUT2D eigenvalue weighted by Gasteiger charge is 2.34. The first kappa shape index (κ1) is 18.9. The highest BCUT2D eigenvalue weighted by atomic mass is 19.3. The normalized spacial score (nSPS) is 12.9. The summed E-state index contributed by atoms with van der Waals surface area (Å²) in [4.78, 5) is 0. The molecule has 116 valence electrons. The Kier molecular flexibility index (Phi) is 9.64. The van der Waals surface area contributed by atoms with Crippen LogP contribution in [0.2, 0.25) is 0 Å². The lowest BCUT2D eigenvalue weighted by atomic mass is 9.75. The number of unbranched alkanes of at least 4 members (excludes halogenated alkanes) is 6. The van der Waals surface area contributed by atoms with Gasteiger partial charge in [-0.1, -0.05) is 72.1 Å². The molecule has 0 aliphatic heterocycles. The van der Waals surface area contributed by atoms with Gasteiger partial charge in [-0.25, -0.2) is 8.78 Å². The SMILES string of the molecule is CCCCCCC(C)(CCCCCC)CC(C)(F)F. The Balaban J connectivity index is 4.19. The standard InChI is InChI=1S/C17H34F2/c1-5-7-9-11-13-16(3,15-17(4,18)19)14-12-10-8-6-2/h5-15H2,1-4H3. The molecule has 0 amide bonds. The summed E-state index contributed by atoms with van der Waals surface area (Å²) in [6.45, 7) is 7.51. The molecule has 0 aromatic carbocycles. The van der Waals surface area contributed by atoms with E-state index in [0.717, 1.165) is 32.6 Å². The smallest absolute Gasteiger partial charge is 0.207 e. The highest BCUT2D eigenvalue weighted by molar-refractivity contribution is 4.80. The zero-order valence-corrected chi connectivity index (χ0v) is 13.5. The first-order valence-corrected chi connectivity index (χ1v) is 8.21. The van der Waals surface area contributed by atoms with Gasteiger partial charge >= 0.3 is 0 Å². The molecule has 0 fully saturated rings. The van der Waals surface area contributed by atoms with Crippen LogP contribution < -0.4 is 0 Å². The molecule has 0 aromatic heterocycles. The summed E-state index contributed by atoms with van der Waals surface area (Å²) >= 11 is 0. The zero-order chi connectivity index (χ0) is 14.8. The molecular formula is C17H34F2. The molecule has 0 nitrogen and oxygen atoms in total. The van der Waals surface area contributed by atoms with Gasteiger partial charge in [-0.15, -0.1) is 0 Å². The Hall–Kier alpha value is -0.140. The Bertz CT molecular complexity index is 194. The van der Waals surface area contributed by atoms with Crippen molar-refractivity contribution in [1.29, 1.82) is 0 Å². The van der Waals surface area contributed by atoms with Gasteiger partial charge in [0, 0.05) is 6.42 Å². The lowest BCUT2D eigenvalue weighted by Crippen LogP contribution is -2.26. The van der Waals surface area contributed by atoms with Crippen LogP contribution in [-0.2, 0) is 0 Å². The molecule has 0 aliphatic rings. The lowest BCUT2D eigenvalue weighted by molar-refractivity contribution is -0.0309. The number of halogens is 2. The van der Waals surface area contributed by atoms with Crippen molar-refractivity contribution in [3.8, 4) is 0 Å². The van der Waals surface area contributed by atoms with E-state index in [9.17, 15) is 8.78 Å². The third-order valence-electron chi connectivity index (χ3n) is 4.00. The second-order valence-corrected chi connectivity index (χ2v) is 6.68. The molecular weight excluding hydrogens is 242 g/mol. The summed E-state index contributed by atoms with van der Waals surface area (Å²) in [5.74, 6) is -2.52. The van der Waals surface area contributed by atoms with Crippen LogP contribution in [0, 0.1) is 5.41 Å². The van der Waals surface area contributed by atoms with E-state index in [0.29, 0.717) is 0 Å². The summed E-state index contributed by atoms with van der Waals surface area (Å²) in [6, 6.07) is 0. The van der Waals surface area contributed by atoms with E-state index < -0.39 is 5.92 Å². The monoisotopic (exact) mass is 276 g/mol. The minimum atomic E-state index is -2.52. The molecule has 0 heterocycles. The van der Waals surface area contributed by atoms with Crippen LogP contribution in [0.4, 0.5) is 8.78 Å². The van der Waals surface area contributed by atoms with Gasteiger partial charge < -0.3 is 0 Å². The Morgan fingerprint density at radius 1 is 0.684 bits per heavy atom. The Morgan fingerprint density at radius 3 is 1.42 bits per heavy atom. The van der Waals surface area contributed by atoms with Gasteiger partial charge in [-0.05, 0) is 25.2 Å². The van der Waals surface area contributed by atoms with Gasteiger partial charge in [0.15, 0.2) is 0 Å². The van der Waals surface area contributed by atoms with Crippen LogP contribution in [0.1, 0.15) is 98.3 Å². The summed E-state index contributed by atoms with van der Waals surface area (Å²) in [5.41, 5.74) is -0.167. The van der Waals surface area contributed by atoms with Gasteiger partial charge in [-0.3, -0.25) is 0 Å². The Morgan fingerprint density at radius 2 is 1.11 bits per heavy atom. The second-order valence-electron chi connectivity index (χ2n) is 6.68. The average Bonchev–Trinajstić information content (AvgIpc) is 2.28. The molecule has 0 atom stereocenters. The highest BCUT2D eigenvalue weighted by Crippen LogP contribution is 2.40. The molecule has 0 radical (unpaired) electrons. The minimum absolute atomic E-state index is 0.0538. The van der Waals surface area contributed by atoms with Crippen LogP contribution >= 0.6 is 0 Å². The van der Waals surface area contributed by atoms with Crippen LogP contribution in [0.25, 0.3) is 0 Å². The maximum Gasteiger partial charge on any atom is 0.245 e. The van der Waals surface area contributed by atoms with Crippen molar-refractivity contribution in [2.24, 2.45) is 5.41 Å². The van der Waals surface area contributed by atoms with E-state index in [1.54, 1.807) is 0 Å². The molecule has 0 rings (SSSR count). The molecule has 2 heteroatoms. The fourth-order valence-corrected chi connectivity index (χ4v) is 3.01. The summed E-state index contributed by atoms with van der Waals surface area (Å²) in [7, 11) is 0.